The fourth-order valence-corrected chi connectivity index (χ4v) is 3.34. The van der Waals surface area contributed by atoms with Gasteiger partial charge in [-0.2, -0.15) is 5.10 Å². The molecule has 1 aliphatic rings. The maximum absolute atomic E-state index is 12.1. The first kappa shape index (κ1) is 19.8. The number of hydrogen-bond acceptors (Lipinski definition) is 4. The van der Waals surface area contributed by atoms with Gasteiger partial charge in [-0.1, -0.05) is 65.7 Å². The molecule has 1 saturated heterocycles. The van der Waals surface area contributed by atoms with Crippen molar-refractivity contribution in [1.29, 1.82) is 0 Å². The van der Waals surface area contributed by atoms with Gasteiger partial charge in [0.05, 0.1) is 22.8 Å². The van der Waals surface area contributed by atoms with Crippen LogP contribution in [0.15, 0.2) is 53.6 Å². The first-order valence-electron chi connectivity index (χ1n) is 8.86. The SMILES string of the molecule is O=C(CN1CCN(Cc2ccccc2)CC1)N/N=C/c1cccc(Cl)c1Cl. The molecule has 3 rings (SSSR count). The van der Waals surface area contributed by atoms with Gasteiger partial charge in [-0.05, 0) is 11.6 Å². The monoisotopic (exact) mass is 404 g/mol. The lowest BCUT2D eigenvalue weighted by Gasteiger charge is -2.34. The van der Waals surface area contributed by atoms with Gasteiger partial charge in [0.2, 0.25) is 0 Å². The lowest BCUT2D eigenvalue weighted by Crippen LogP contribution is -2.48. The summed E-state index contributed by atoms with van der Waals surface area (Å²) in [4.78, 5) is 16.6. The number of nitrogens with one attached hydrogen (secondary N) is 1. The fraction of sp³-hybridized carbons (Fsp3) is 0.300. The standard InChI is InChI=1S/C20H22Cl2N4O/c21-18-8-4-7-17(20(18)22)13-23-24-19(27)15-26-11-9-25(10-12-26)14-16-5-2-1-3-6-16/h1-8,13H,9-12,14-15H2,(H,24,27)/b23-13+. The summed E-state index contributed by atoms with van der Waals surface area (Å²) in [6.45, 7) is 4.91. The molecule has 0 aliphatic carbocycles. The number of piperazine rings is 1. The summed E-state index contributed by atoms with van der Waals surface area (Å²) in [6.07, 6.45) is 1.50. The molecule has 0 unspecified atom stereocenters. The van der Waals surface area contributed by atoms with Gasteiger partial charge < -0.3 is 0 Å². The molecule has 0 bridgehead atoms. The molecule has 5 nitrogen and oxygen atoms in total. The van der Waals surface area contributed by atoms with Crippen LogP contribution in [0.3, 0.4) is 0 Å². The number of rotatable bonds is 6. The maximum atomic E-state index is 12.1. The average molecular weight is 405 g/mol. The van der Waals surface area contributed by atoms with E-state index in [1.807, 2.05) is 6.07 Å². The number of hydrazone groups is 1. The molecule has 2 aromatic carbocycles. The summed E-state index contributed by atoms with van der Waals surface area (Å²) in [5.74, 6) is -0.138. The molecule has 1 aliphatic heterocycles. The Kier molecular flexibility index (Phi) is 7.24. The van der Waals surface area contributed by atoms with E-state index in [4.69, 9.17) is 23.2 Å². The molecule has 27 heavy (non-hydrogen) atoms. The Morgan fingerprint density at radius 1 is 1.00 bits per heavy atom. The number of carbonyl (C=O) groups is 1. The normalized spacial score (nSPS) is 15.9. The van der Waals surface area contributed by atoms with E-state index >= 15 is 0 Å². The van der Waals surface area contributed by atoms with Crippen LogP contribution in [-0.2, 0) is 11.3 Å². The second-order valence-corrected chi connectivity index (χ2v) is 7.26. The zero-order valence-electron chi connectivity index (χ0n) is 14.9. The van der Waals surface area contributed by atoms with Gasteiger partial charge in [0.1, 0.15) is 0 Å². The fourth-order valence-electron chi connectivity index (χ4n) is 2.98. The van der Waals surface area contributed by atoms with Crippen molar-refractivity contribution in [3.8, 4) is 0 Å². The van der Waals surface area contributed by atoms with Crippen LogP contribution in [0, 0.1) is 0 Å². The van der Waals surface area contributed by atoms with Crippen molar-refractivity contribution in [3.63, 3.8) is 0 Å². The Labute approximate surface area is 169 Å². The van der Waals surface area contributed by atoms with Crippen molar-refractivity contribution >= 4 is 35.3 Å². The highest BCUT2D eigenvalue weighted by atomic mass is 35.5. The maximum Gasteiger partial charge on any atom is 0.254 e. The third-order valence-corrected chi connectivity index (χ3v) is 5.29. The molecule has 7 heteroatoms. The van der Waals surface area contributed by atoms with Crippen molar-refractivity contribution < 1.29 is 4.79 Å². The predicted molar refractivity (Wildman–Crippen MR) is 110 cm³/mol. The number of hydrogen-bond donors (Lipinski definition) is 1. The summed E-state index contributed by atoms with van der Waals surface area (Å²) >= 11 is 12.0. The Hall–Kier alpha value is -1.92. The van der Waals surface area contributed by atoms with Gasteiger partial charge in [-0.3, -0.25) is 14.6 Å². The predicted octanol–water partition coefficient (Wildman–Crippen LogP) is 3.26. The topological polar surface area (TPSA) is 47.9 Å². The summed E-state index contributed by atoms with van der Waals surface area (Å²) < 4.78 is 0. The van der Waals surface area contributed by atoms with Crippen molar-refractivity contribution in [2.24, 2.45) is 5.10 Å². The van der Waals surface area contributed by atoms with Gasteiger partial charge in [-0.15, -0.1) is 0 Å². The second-order valence-electron chi connectivity index (χ2n) is 6.47. The molecule has 0 radical (unpaired) electrons. The van der Waals surface area contributed by atoms with Crippen LogP contribution >= 0.6 is 23.2 Å². The van der Waals surface area contributed by atoms with E-state index in [1.165, 1.54) is 11.8 Å². The number of nitrogens with zero attached hydrogens (tertiary/aromatic N) is 3. The molecule has 1 N–H and O–H groups in total. The van der Waals surface area contributed by atoms with E-state index in [1.54, 1.807) is 18.2 Å². The summed E-state index contributed by atoms with van der Waals surface area (Å²) in [5.41, 5.74) is 4.53. The van der Waals surface area contributed by atoms with Crippen LogP contribution in [0.25, 0.3) is 0 Å². The molecule has 1 amide bonds. The lowest BCUT2D eigenvalue weighted by atomic mass is 10.2. The molecule has 0 saturated carbocycles. The third-order valence-electron chi connectivity index (χ3n) is 4.46. The van der Waals surface area contributed by atoms with Crippen molar-refractivity contribution in [2.75, 3.05) is 32.7 Å². The quantitative estimate of drug-likeness (QED) is 0.593. The smallest absolute Gasteiger partial charge is 0.254 e. The van der Waals surface area contributed by atoms with E-state index in [0.717, 1.165) is 32.7 Å². The van der Waals surface area contributed by atoms with Crippen molar-refractivity contribution in [2.45, 2.75) is 6.54 Å². The van der Waals surface area contributed by atoms with E-state index < -0.39 is 0 Å². The van der Waals surface area contributed by atoms with Gasteiger partial charge in [0, 0.05) is 38.3 Å². The second kappa shape index (κ2) is 9.85. The first-order valence-corrected chi connectivity index (χ1v) is 9.62. The highest BCUT2D eigenvalue weighted by molar-refractivity contribution is 6.43. The van der Waals surface area contributed by atoms with Gasteiger partial charge in [0.25, 0.3) is 5.91 Å². The van der Waals surface area contributed by atoms with Gasteiger partial charge >= 0.3 is 0 Å². The van der Waals surface area contributed by atoms with Gasteiger partial charge in [0.15, 0.2) is 0 Å². The Morgan fingerprint density at radius 3 is 2.44 bits per heavy atom. The molecule has 0 aromatic heterocycles. The molecule has 0 atom stereocenters. The van der Waals surface area contributed by atoms with Crippen molar-refractivity contribution in [3.05, 3.63) is 69.7 Å². The summed E-state index contributed by atoms with van der Waals surface area (Å²) in [6, 6.07) is 15.7. The van der Waals surface area contributed by atoms with E-state index in [-0.39, 0.29) is 5.91 Å². The number of benzene rings is 2. The highest BCUT2D eigenvalue weighted by Crippen LogP contribution is 2.24. The van der Waals surface area contributed by atoms with Crippen LogP contribution in [0.5, 0.6) is 0 Å². The third kappa shape index (κ3) is 6.04. The van der Waals surface area contributed by atoms with Gasteiger partial charge in [-0.25, -0.2) is 5.43 Å². The minimum Gasteiger partial charge on any atom is -0.297 e. The molecule has 142 valence electrons. The largest absolute Gasteiger partial charge is 0.297 e. The van der Waals surface area contributed by atoms with E-state index in [9.17, 15) is 4.79 Å². The molecule has 0 spiro atoms. The minimum absolute atomic E-state index is 0.138. The highest BCUT2D eigenvalue weighted by Gasteiger charge is 2.18. The van der Waals surface area contributed by atoms with E-state index in [2.05, 4.69) is 44.6 Å². The van der Waals surface area contributed by atoms with Crippen LogP contribution in [0.1, 0.15) is 11.1 Å². The van der Waals surface area contributed by atoms with Crippen LogP contribution < -0.4 is 5.43 Å². The molecule has 2 aromatic rings. The Bertz CT molecular complexity index is 790. The van der Waals surface area contributed by atoms with E-state index in [0.29, 0.717) is 22.2 Å². The zero-order valence-corrected chi connectivity index (χ0v) is 16.5. The van der Waals surface area contributed by atoms with Crippen LogP contribution in [0.4, 0.5) is 0 Å². The molecular formula is C20H22Cl2N4O. The Morgan fingerprint density at radius 2 is 1.70 bits per heavy atom. The van der Waals surface area contributed by atoms with Crippen LogP contribution in [0.2, 0.25) is 10.0 Å². The minimum atomic E-state index is -0.138. The molecule has 1 heterocycles. The Balaban J connectivity index is 1.40. The lowest BCUT2D eigenvalue weighted by molar-refractivity contribution is -0.122. The molecular weight excluding hydrogens is 383 g/mol. The van der Waals surface area contributed by atoms with Crippen LogP contribution in [-0.4, -0.2) is 54.6 Å². The number of halogens is 2. The summed E-state index contributed by atoms with van der Waals surface area (Å²) in [7, 11) is 0. The first-order chi connectivity index (χ1) is 13.1. The zero-order chi connectivity index (χ0) is 19.1. The van der Waals surface area contributed by atoms with Crippen molar-refractivity contribution in [1.82, 2.24) is 15.2 Å². The number of carbonyl (C=O) groups excluding carboxylic acids is 1. The average Bonchev–Trinajstić information content (AvgIpc) is 2.67. The number of amides is 1. The summed E-state index contributed by atoms with van der Waals surface area (Å²) in [5, 5.41) is 4.86. The molecule has 1 fully saturated rings.